The average Bonchev–Trinajstić information content (AvgIpc) is 2.67. The number of hydrogen-bond donors (Lipinski definition) is 2. The maximum Gasteiger partial charge on any atom is 0.322 e. The number of amides is 3. The molecule has 7 heteroatoms. The minimum Gasteiger partial charge on any atom is -0.383 e. The molecule has 0 saturated carbocycles. The number of ether oxygens (including phenoxy) is 1. The van der Waals surface area contributed by atoms with E-state index in [0.29, 0.717) is 24.4 Å². The second-order valence-corrected chi connectivity index (χ2v) is 6.15. The summed E-state index contributed by atoms with van der Waals surface area (Å²) in [6.07, 6.45) is 0. The Morgan fingerprint density at radius 1 is 1.19 bits per heavy atom. The van der Waals surface area contributed by atoms with Crippen molar-refractivity contribution in [3.63, 3.8) is 0 Å². The monoisotopic (exact) mass is 373 g/mol. The van der Waals surface area contributed by atoms with E-state index in [1.54, 1.807) is 55.5 Å². The van der Waals surface area contributed by atoms with Crippen molar-refractivity contribution in [3.05, 3.63) is 65.5 Å². The number of halogens is 1. The fourth-order valence-electron chi connectivity index (χ4n) is 2.62. The maximum atomic E-state index is 13.1. The SMILES string of the molecule is CNC(=O)c1cccc(NC(=O)N(Cc2ccc(F)cc2)C(C)COC)c1. The molecule has 2 N–H and O–H groups in total. The minimum atomic E-state index is -0.335. The smallest absolute Gasteiger partial charge is 0.322 e. The van der Waals surface area contributed by atoms with Crippen molar-refractivity contribution in [3.8, 4) is 0 Å². The summed E-state index contributed by atoms with van der Waals surface area (Å²) in [5.41, 5.74) is 1.76. The number of anilines is 1. The number of carbonyl (C=O) groups excluding carboxylic acids is 2. The van der Waals surface area contributed by atoms with Crippen LogP contribution in [0.5, 0.6) is 0 Å². The zero-order valence-corrected chi connectivity index (χ0v) is 15.7. The largest absolute Gasteiger partial charge is 0.383 e. The summed E-state index contributed by atoms with van der Waals surface area (Å²) in [7, 11) is 3.11. The molecule has 0 aliphatic carbocycles. The molecule has 1 atom stereocenters. The van der Waals surface area contributed by atoms with Gasteiger partial charge in [0.05, 0.1) is 12.6 Å². The van der Waals surface area contributed by atoms with E-state index in [1.165, 1.54) is 12.1 Å². The van der Waals surface area contributed by atoms with Crippen LogP contribution in [0.1, 0.15) is 22.8 Å². The number of nitrogens with one attached hydrogen (secondary N) is 2. The molecule has 27 heavy (non-hydrogen) atoms. The molecule has 1 unspecified atom stereocenters. The van der Waals surface area contributed by atoms with Crippen LogP contribution in [0.4, 0.5) is 14.9 Å². The molecule has 144 valence electrons. The lowest BCUT2D eigenvalue weighted by atomic mass is 10.1. The van der Waals surface area contributed by atoms with Gasteiger partial charge in [0.1, 0.15) is 5.82 Å². The third kappa shape index (κ3) is 5.79. The van der Waals surface area contributed by atoms with Crippen LogP contribution in [-0.2, 0) is 11.3 Å². The quantitative estimate of drug-likeness (QED) is 0.783. The third-order valence-corrected chi connectivity index (χ3v) is 4.07. The predicted molar refractivity (Wildman–Crippen MR) is 102 cm³/mol. The van der Waals surface area contributed by atoms with Crippen molar-refractivity contribution < 1.29 is 18.7 Å². The standard InChI is InChI=1S/C20H24FN3O3/c1-14(13-27-3)24(12-15-7-9-17(21)10-8-15)20(26)23-18-6-4-5-16(11-18)19(25)22-2/h4-11,14H,12-13H2,1-3H3,(H,22,25)(H,23,26). The summed E-state index contributed by atoms with van der Waals surface area (Å²) in [5, 5.41) is 5.36. The van der Waals surface area contributed by atoms with Crippen molar-refractivity contribution in [2.24, 2.45) is 0 Å². The number of nitrogens with zero attached hydrogens (tertiary/aromatic N) is 1. The van der Waals surface area contributed by atoms with Crippen molar-refractivity contribution >= 4 is 17.6 Å². The molecule has 0 saturated heterocycles. The molecule has 6 nitrogen and oxygen atoms in total. The molecule has 0 bridgehead atoms. The van der Waals surface area contributed by atoms with Crippen LogP contribution in [0.3, 0.4) is 0 Å². The van der Waals surface area contributed by atoms with E-state index in [2.05, 4.69) is 10.6 Å². The molecule has 0 aliphatic rings. The summed E-state index contributed by atoms with van der Waals surface area (Å²) in [4.78, 5) is 26.2. The number of urea groups is 1. The summed E-state index contributed by atoms with van der Waals surface area (Å²) < 4.78 is 18.3. The van der Waals surface area contributed by atoms with E-state index < -0.39 is 0 Å². The molecule has 2 rings (SSSR count). The Morgan fingerprint density at radius 3 is 2.52 bits per heavy atom. The van der Waals surface area contributed by atoms with Gasteiger partial charge in [-0.3, -0.25) is 4.79 Å². The summed E-state index contributed by atoms with van der Waals surface area (Å²) in [5.74, 6) is -0.562. The van der Waals surface area contributed by atoms with Gasteiger partial charge in [-0.2, -0.15) is 0 Å². The number of rotatable bonds is 7. The first kappa shape index (κ1) is 20.4. The van der Waals surface area contributed by atoms with E-state index in [4.69, 9.17) is 4.74 Å². The topological polar surface area (TPSA) is 70.7 Å². The third-order valence-electron chi connectivity index (χ3n) is 4.07. The van der Waals surface area contributed by atoms with Gasteiger partial charge in [-0.05, 0) is 42.8 Å². The van der Waals surface area contributed by atoms with Gasteiger partial charge < -0.3 is 20.3 Å². The Kier molecular flexibility index (Phi) is 7.31. The highest BCUT2D eigenvalue weighted by atomic mass is 19.1. The van der Waals surface area contributed by atoms with Gasteiger partial charge in [-0.15, -0.1) is 0 Å². The second kappa shape index (κ2) is 9.68. The van der Waals surface area contributed by atoms with Gasteiger partial charge in [-0.1, -0.05) is 18.2 Å². The van der Waals surface area contributed by atoms with E-state index >= 15 is 0 Å². The average molecular weight is 373 g/mol. The maximum absolute atomic E-state index is 13.1. The van der Waals surface area contributed by atoms with Crippen LogP contribution in [0.2, 0.25) is 0 Å². The molecular weight excluding hydrogens is 349 g/mol. The van der Waals surface area contributed by atoms with E-state index in [1.807, 2.05) is 6.92 Å². The van der Waals surface area contributed by atoms with Crippen LogP contribution in [0.25, 0.3) is 0 Å². The van der Waals surface area contributed by atoms with Crippen molar-refractivity contribution in [1.29, 1.82) is 0 Å². The normalized spacial score (nSPS) is 11.6. The molecule has 0 heterocycles. The first-order chi connectivity index (χ1) is 12.9. The fraction of sp³-hybridized carbons (Fsp3) is 0.300. The first-order valence-corrected chi connectivity index (χ1v) is 8.57. The Labute approximate surface area is 158 Å². The molecule has 3 amide bonds. The van der Waals surface area contributed by atoms with Crippen molar-refractivity contribution in [1.82, 2.24) is 10.2 Å². The number of carbonyl (C=O) groups is 2. The lowest BCUT2D eigenvalue weighted by molar-refractivity contribution is 0.0963. The highest BCUT2D eigenvalue weighted by Gasteiger charge is 2.21. The molecule has 2 aromatic carbocycles. The van der Waals surface area contributed by atoms with Gasteiger partial charge in [-0.25, -0.2) is 9.18 Å². The van der Waals surface area contributed by atoms with E-state index in [0.717, 1.165) is 5.56 Å². The van der Waals surface area contributed by atoms with Crippen LogP contribution >= 0.6 is 0 Å². The molecule has 0 radical (unpaired) electrons. The Bertz CT molecular complexity index is 780. The predicted octanol–water partition coefficient (Wildman–Crippen LogP) is 3.25. The van der Waals surface area contributed by atoms with E-state index in [-0.39, 0.29) is 23.8 Å². The Hall–Kier alpha value is -2.93. The highest BCUT2D eigenvalue weighted by molar-refractivity contribution is 5.96. The molecule has 0 aromatic heterocycles. The minimum absolute atomic E-state index is 0.206. The van der Waals surface area contributed by atoms with Crippen LogP contribution in [0.15, 0.2) is 48.5 Å². The van der Waals surface area contributed by atoms with Crippen LogP contribution in [0, 0.1) is 5.82 Å². The molecule has 0 aliphatic heterocycles. The van der Waals surface area contributed by atoms with Crippen molar-refractivity contribution in [2.75, 3.05) is 26.1 Å². The van der Waals surface area contributed by atoms with Gasteiger partial charge >= 0.3 is 6.03 Å². The van der Waals surface area contributed by atoms with Gasteiger partial charge in [0.15, 0.2) is 0 Å². The second-order valence-electron chi connectivity index (χ2n) is 6.15. The fourth-order valence-corrected chi connectivity index (χ4v) is 2.62. The number of hydrogen-bond acceptors (Lipinski definition) is 3. The summed E-state index contributed by atoms with van der Waals surface area (Å²) in [6.45, 7) is 2.52. The zero-order valence-electron chi connectivity index (χ0n) is 15.7. The van der Waals surface area contributed by atoms with Gasteiger partial charge in [0.2, 0.25) is 0 Å². The lowest BCUT2D eigenvalue weighted by Gasteiger charge is -2.29. The molecule has 0 fully saturated rings. The number of benzene rings is 2. The Balaban J connectivity index is 2.18. The van der Waals surface area contributed by atoms with Crippen LogP contribution < -0.4 is 10.6 Å². The first-order valence-electron chi connectivity index (χ1n) is 8.57. The molecule has 2 aromatic rings. The highest BCUT2D eigenvalue weighted by Crippen LogP contribution is 2.15. The summed E-state index contributed by atoms with van der Waals surface area (Å²) >= 11 is 0. The lowest BCUT2D eigenvalue weighted by Crippen LogP contribution is -2.43. The molecule has 0 spiro atoms. The van der Waals surface area contributed by atoms with E-state index in [9.17, 15) is 14.0 Å². The van der Waals surface area contributed by atoms with Gasteiger partial charge in [0.25, 0.3) is 5.91 Å². The van der Waals surface area contributed by atoms with Crippen LogP contribution in [-0.4, -0.2) is 43.6 Å². The zero-order chi connectivity index (χ0) is 19.8. The summed E-state index contributed by atoms with van der Waals surface area (Å²) in [6, 6.07) is 12.1. The molecular formula is C20H24FN3O3. The Morgan fingerprint density at radius 2 is 1.89 bits per heavy atom. The van der Waals surface area contributed by atoms with Crippen molar-refractivity contribution in [2.45, 2.75) is 19.5 Å². The number of methoxy groups -OCH3 is 1. The van der Waals surface area contributed by atoms with Gasteiger partial charge in [0, 0.05) is 32.0 Å².